The van der Waals surface area contributed by atoms with Crippen LogP contribution in [0.2, 0.25) is 15.1 Å². The zero-order chi connectivity index (χ0) is 30.1. The number of rotatable bonds is 7. The normalized spacial score (nSPS) is 18.3. The van der Waals surface area contributed by atoms with E-state index in [0.717, 1.165) is 27.8 Å². The topological polar surface area (TPSA) is 74.8 Å². The van der Waals surface area contributed by atoms with Crippen molar-refractivity contribution in [2.45, 2.75) is 25.4 Å². The lowest BCUT2D eigenvalue weighted by Crippen LogP contribution is -2.42. The number of nitrogens with one attached hydrogen (secondary N) is 1. The van der Waals surface area contributed by atoms with E-state index in [1.807, 2.05) is 48.7 Å². The maximum atomic E-state index is 13.5. The van der Waals surface area contributed by atoms with Gasteiger partial charge in [-0.25, -0.2) is 4.79 Å². The van der Waals surface area contributed by atoms with Gasteiger partial charge in [0.15, 0.2) is 0 Å². The molecule has 4 aromatic rings. The number of amides is 2. The first-order valence-corrected chi connectivity index (χ1v) is 15.1. The van der Waals surface area contributed by atoms with E-state index in [4.69, 9.17) is 39.5 Å². The first-order chi connectivity index (χ1) is 20.8. The summed E-state index contributed by atoms with van der Waals surface area (Å²) in [5, 5.41) is 4.29. The van der Waals surface area contributed by atoms with Crippen molar-refractivity contribution < 1.29 is 14.3 Å². The zero-order valence-electron chi connectivity index (χ0n) is 23.4. The van der Waals surface area contributed by atoms with E-state index in [-0.39, 0.29) is 30.3 Å². The molecule has 220 valence electrons. The fourth-order valence-electron chi connectivity index (χ4n) is 6.20. The molecule has 0 spiro atoms. The van der Waals surface area contributed by atoms with Gasteiger partial charge in [0.05, 0.1) is 35.0 Å². The second-order valence-electron chi connectivity index (χ2n) is 10.8. The number of fused-ring (bicyclic) bond motifs is 1. The Morgan fingerprint density at radius 1 is 0.977 bits per heavy atom. The average molecular weight is 636 g/mol. The highest BCUT2D eigenvalue weighted by Crippen LogP contribution is 2.47. The van der Waals surface area contributed by atoms with Crippen LogP contribution in [0.25, 0.3) is 11.1 Å². The number of pyridine rings is 1. The first kappa shape index (κ1) is 29.5. The molecule has 2 amide bonds. The van der Waals surface area contributed by atoms with Gasteiger partial charge >= 0.3 is 12.0 Å². The number of ether oxygens (including phenoxy) is 1. The van der Waals surface area contributed by atoms with Gasteiger partial charge in [0.25, 0.3) is 0 Å². The molecular formula is C33H29Cl3N4O3. The lowest BCUT2D eigenvalue weighted by Gasteiger charge is -2.34. The Morgan fingerprint density at radius 3 is 2.47 bits per heavy atom. The van der Waals surface area contributed by atoms with E-state index < -0.39 is 0 Å². The van der Waals surface area contributed by atoms with Crippen LogP contribution in [0, 0.1) is 5.92 Å². The number of carbonyl (C=O) groups excluding carboxylic acids is 2. The number of methoxy groups -OCH3 is 1. The van der Waals surface area contributed by atoms with Crippen molar-refractivity contribution in [1.29, 1.82) is 0 Å². The molecule has 2 aliphatic rings. The van der Waals surface area contributed by atoms with Gasteiger partial charge < -0.3 is 10.1 Å². The summed E-state index contributed by atoms with van der Waals surface area (Å²) < 4.78 is 5.09. The average Bonchev–Trinajstić information content (AvgIpc) is 3.39. The summed E-state index contributed by atoms with van der Waals surface area (Å²) in [6.45, 7) is 2.41. The predicted octanol–water partition coefficient (Wildman–Crippen LogP) is 7.85. The summed E-state index contributed by atoms with van der Waals surface area (Å²) in [6.07, 6.45) is 3.89. The maximum Gasteiger partial charge on any atom is 0.326 e. The number of carbonyl (C=O) groups is 2. The monoisotopic (exact) mass is 634 g/mol. The van der Waals surface area contributed by atoms with Crippen molar-refractivity contribution in [3.05, 3.63) is 111 Å². The molecule has 1 aromatic heterocycles. The van der Waals surface area contributed by atoms with Gasteiger partial charge in [0, 0.05) is 60.6 Å². The Balaban J connectivity index is 1.51. The molecule has 6 rings (SSSR count). The molecule has 2 atom stereocenters. The molecule has 1 saturated heterocycles. The molecule has 0 bridgehead atoms. The number of esters is 1. The van der Waals surface area contributed by atoms with Crippen LogP contribution < -0.4 is 10.2 Å². The van der Waals surface area contributed by atoms with Crippen LogP contribution in [-0.4, -0.2) is 42.1 Å². The largest absolute Gasteiger partial charge is 0.469 e. The minimum absolute atomic E-state index is 0.0176. The van der Waals surface area contributed by atoms with E-state index in [0.29, 0.717) is 52.6 Å². The summed E-state index contributed by atoms with van der Waals surface area (Å²) in [6, 6.07) is 20.6. The Morgan fingerprint density at radius 2 is 1.74 bits per heavy atom. The minimum atomic E-state index is -0.333. The third-order valence-corrected chi connectivity index (χ3v) is 9.10. The highest BCUT2D eigenvalue weighted by Gasteiger charge is 2.38. The summed E-state index contributed by atoms with van der Waals surface area (Å²) in [4.78, 5) is 34.2. The first-order valence-electron chi connectivity index (χ1n) is 14.0. The summed E-state index contributed by atoms with van der Waals surface area (Å²) in [7, 11) is 1.41. The molecule has 7 nitrogen and oxygen atoms in total. The van der Waals surface area contributed by atoms with Crippen LogP contribution in [0.15, 0.2) is 79.1 Å². The summed E-state index contributed by atoms with van der Waals surface area (Å²) in [5.41, 5.74) is 5.79. The summed E-state index contributed by atoms with van der Waals surface area (Å²) in [5.74, 6) is -0.307. The molecule has 3 aromatic carbocycles. The summed E-state index contributed by atoms with van der Waals surface area (Å²) >= 11 is 20.0. The smallest absolute Gasteiger partial charge is 0.326 e. The molecule has 2 unspecified atom stereocenters. The van der Waals surface area contributed by atoms with Crippen molar-refractivity contribution in [2.75, 3.05) is 25.1 Å². The highest BCUT2D eigenvalue weighted by molar-refractivity contribution is 6.40. The van der Waals surface area contributed by atoms with Crippen molar-refractivity contribution in [2.24, 2.45) is 5.92 Å². The van der Waals surface area contributed by atoms with E-state index >= 15 is 0 Å². The number of hydrogen-bond acceptors (Lipinski definition) is 5. The van der Waals surface area contributed by atoms with Gasteiger partial charge in [-0.2, -0.15) is 0 Å². The van der Waals surface area contributed by atoms with Crippen LogP contribution in [0.4, 0.5) is 16.2 Å². The van der Waals surface area contributed by atoms with Crippen LogP contribution in [0.5, 0.6) is 0 Å². The van der Waals surface area contributed by atoms with Crippen molar-refractivity contribution in [3.63, 3.8) is 0 Å². The van der Waals surface area contributed by atoms with Gasteiger partial charge in [0.2, 0.25) is 0 Å². The lowest BCUT2D eigenvalue weighted by atomic mass is 9.83. The van der Waals surface area contributed by atoms with Gasteiger partial charge in [-0.05, 0) is 52.9 Å². The number of urea groups is 1. The number of para-hydroxylation sites is 1. The Labute approximate surface area is 265 Å². The van der Waals surface area contributed by atoms with E-state index in [9.17, 15) is 9.59 Å². The third kappa shape index (κ3) is 5.95. The van der Waals surface area contributed by atoms with E-state index in [1.54, 1.807) is 29.3 Å². The van der Waals surface area contributed by atoms with Gasteiger partial charge in [-0.3, -0.25) is 19.6 Å². The molecule has 0 aliphatic carbocycles. The number of hydrogen-bond donors (Lipinski definition) is 1. The number of nitrogens with zero attached hydrogens (tertiary/aromatic N) is 3. The molecular weight excluding hydrogens is 607 g/mol. The molecule has 10 heteroatoms. The fraction of sp³-hybridized carbons (Fsp3) is 0.242. The second-order valence-corrected chi connectivity index (χ2v) is 12.0. The SMILES string of the molecule is COC(=O)CC1CN(Cc2cccnc2)CC1c1cc(-c2ccccc2Cl)c2c(c1)N(c1c(Cl)cccc1Cl)C(=O)NC2. The number of aromatic nitrogens is 1. The molecule has 2 aliphatic heterocycles. The predicted molar refractivity (Wildman–Crippen MR) is 170 cm³/mol. The van der Waals surface area contributed by atoms with E-state index in [1.165, 1.54) is 7.11 Å². The van der Waals surface area contributed by atoms with E-state index in [2.05, 4.69) is 21.3 Å². The van der Waals surface area contributed by atoms with Crippen LogP contribution in [0.1, 0.15) is 29.0 Å². The third-order valence-electron chi connectivity index (χ3n) is 8.16. The lowest BCUT2D eigenvalue weighted by molar-refractivity contribution is -0.141. The van der Waals surface area contributed by atoms with Gasteiger partial charge in [0.1, 0.15) is 0 Å². The minimum Gasteiger partial charge on any atom is -0.469 e. The van der Waals surface area contributed by atoms with Crippen molar-refractivity contribution >= 4 is 58.2 Å². The quantitative estimate of drug-likeness (QED) is 0.209. The maximum absolute atomic E-state index is 13.5. The van der Waals surface area contributed by atoms with Crippen LogP contribution in [-0.2, 0) is 22.6 Å². The highest BCUT2D eigenvalue weighted by atomic mass is 35.5. The molecule has 3 heterocycles. The van der Waals surface area contributed by atoms with Crippen molar-refractivity contribution in [3.8, 4) is 11.1 Å². The zero-order valence-corrected chi connectivity index (χ0v) is 25.7. The number of anilines is 2. The van der Waals surface area contributed by atoms with Gasteiger partial charge in [-0.15, -0.1) is 0 Å². The van der Waals surface area contributed by atoms with Crippen LogP contribution in [0.3, 0.4) is 0 Å². The second kappa shape index (κ2) is 12.5. The molecule has 1 fully saturated rings. The molecule has 43 heavy (non-hydrogen) atoms. The fourth-order valence-corrected chi connectivity index (χ4v) is 7.00. The number of likely N-dealkylation sites (tertiary alicyclic amines) is 1. The Bertz CT molecular complexity index is 1660. The van der Waals surface area contributed by atoms with Crippen LogP contribution >= 0.6 is 34.8 Å². The Hall–Kier alpha value is -3.62. The molecule has 0 saturated carbocycles. The van der Waals surface area contributed by atoms with Crippen molar-refractivity contribution in [1.82, 2.24) is 15.2 Å². The standard InChI is InChI=1S/C33H29Cl3N4O3/c1-43-31(41)14-22-18-39(17-20-6-5-11-37-15-20)19-26(22)21-12-24(23-7-2-3-8-27(23)34)25-16-38-33(42)40(30(25)13-21)32-28(35)9-4-10-29(32)36/h2-13,15,22,26H,14,16-19H2,1H3,(H,38,42). The molecule has 0 radical (unpaired) electrons. The number of halogens is 3. The van der Waals surface area contributed by atoms with Gasteiger partial charge in [-0.1, -0.05) is 71.2 Å². The number of benzene rings is 3. The molecule has 1 N–H and O–H groups in total. The Kier molecular flexibility index (Phi) is 8.59.